The van der Waals surface area contributed by atoms with Crippen LogP contribution in [0.3, 0.4) is 0 Å². The second-order valence-corrected chi connectivity index (χ2v) is 6.90. The molecule has 2 aromatic carbocycles. The zero-order valence-electron chi connectivity index (χ0n) is 15.2. The number of hydrazone groups is 1. The van der Waals surface area contributed by atoms with E-state index in [1.165, 1.54) is 5.56 Å². The summed E-state index contributed by atoms with van der Waals surface area (Å²) in [4.78, 5) is 19.1. The van der Waals surface area contributed by atoms with Gasteiger partial charge < -0.3 is 0 Å². The van der Waals surface area contributed by atoms with Crippen molar-refractivity contribution in [3.8, 4) is 28.5 Å². The minimum absolute atomic E-state index is 0.0326. The molecule has 0 aliphatic heterocycles. The summed E-state index contributed by atoms with van der Waals surface area (Å²) in [6, 6.07) is 21.1. The van der Waals surface area contributed by atoms with Crippen molar-refractivity contribution in [2.24, 2.45) is 5.10 Å². The molecule has 0 saturated heterocycles. The summed E-state index contributed by atoms with van der Waals surface area (Å²) in [6.07, 6.45) is 1.64. The molecule has 0 bridgehead atoms. The van der Waals surface area contributed by atoms with Crippen molar-refractivity contribution in [1.82, 2.24) is 9.97 Å². The van der Waals surface area contributed by atoms with Crippen LogP contribution >= 0.6 is 11.3 Å². The van der Waals surface area contributed by atoms with E-state index in [1.807, 2.05) is 53.9 Å². The van der Waals surface area contributed by atoms with Crippen molar-refractivity contribution in [3.63, 3.8) is 0 Å². The smallest absolute Gasteiger partial charge is 0.270 e. The number of thiophene rings is 1. The molecule has 0 unspecified atom stereocenters. The normalized spacial score (nSPS) is 10.7. The van der Waals surface area contributed by atoms with E-state index in [1.54, 1.807) is 29.7 Å². The molecular weight excluding hydrogens is 382 g/mol. The Bertz CT molecular complexity index is 1240. The van der Waals surface area contributed by atoms with Crippen molar-refractivity contribution in [2.45, 2.75) is 0 Å². The molecule has 29 heavy (non-hydrogen) atoms. The van der Waals surface area contributed by atoms with E-state index in [2.05, 4.69) is 31.9 Å². The molecule has 2 heterocycles. The summed E-state index contributed by atoms with van der Waals surface area (Å²) < 4.78 is 0. The van der Waals surface area contributed by atoms with Crippen molar-refractivity contribution >= 4 is 23.5 Å². The van der Waals surface area contributed by atoms with Crippen LogP contribution in [-0.2, 0) is 0 Å². The number of rotatable bonds is 5. The minimum Gasteiger partial charge on any atom is -0.290 e. The van der Waals surface area contributed by atoms with Crippen LogP contribution in [0.4, 0.5) is 5.95 Å². The third-order valence-corrected chi connectivity index (χ3v) is 4.91. The SMILES string of the molecule is N#Cc1c(-c2ccccc2)nc(NN=Cc2ccc(-c3ccsc3)cc2)[nH]c1=O. The van der Waals surface area contributed by atoms with E-state index < -0.39 is 5.56 Å². The van der Waals surface area contributed by atoms with Crippen molar-refractivity contribution in [2.75, 3.05) is 5.43 Å². The van der Waals surface area contributed by atoms with E-state index in [0.717, 1.165) is 11.1 Å². The molecule has 140 valence electrons. The Balaban J connectivity index is 1.55. The Morgan fingerprint density at radius 1 is 1.03 bits per heavy atom. The zero-order chi connectivity index (χ0) is 20.1. The summed E-state index contributed by atoms with van der Waals surface area (Å²) in [6.45, 7) is 0. The standard InChI is InChI=1S/C22H15N5OS/c23-12-19-20(17-4-2-1-3-5-17)25-22(26-21(19)28)27-24-13-15-6-8-16(9-7-15)18-10-11-29-14-18/h1-11,13-14H,(H2,25,26,27,28). The number of nitrogens with zero attached hydrogens (tertiary/aromatic N) is 3. The molecule has 0 spiro atoms. The lowest BCUT2D eigenvalue weighted by molar-refractivity contribution is 1.08. The fourth-order valence-electron chi connectivity index (χ4n) is 2.79. The second kappa shape index (κ2) is 8.33. The molecule has 0 aliphatic rings. The largest absolute Gasteiger partial charge is 0.290 e. The summed E-state index contributed by atoms with van der Waals surface area (Å²) in [5.41, 5.74) is 6.41. The van der Waals surface area contributed by atoms with Crippen LogP contribution in [0.5, 0.6) is 0 Å². The topological polar surface area (TPSA) is 93.9 Å². The van der Waals surface area contributed by atoms with Gasteiger partial charge in [-0.15, -0.1) is 0 Å². The maximum atomic E-state index is 12.2. The first-order chi connectivity index (χ1) is 14.2. The van der Waals surface area contributed by atoms with Crippen molar-refractivity contribution < 1.29 is 0 Å². The molecule has 4 rings (SSSR count). The number of nitriles is 1. The first-order valence-electron chi connectivity index (χ1n) is 8.76. The Morgan fingerprint density at radius 2 is 1.83 bits per heavy atom. The van der Waals surface area contributed by atoms with Crippen molar-refractivity contribution in [1.29, 1.82) is 5.26 Å². The maximum Gasteiger partial charge on any atom is 0.270 e. The number of hydrogen-bond donors (Lipinski definition) is 2. The molecule has 2 aromatic heterocycles. The molecule has 0 aliphatic carbocycles. The molecule has 0 saturated carbocycles. The average Bonchev–Trinajstić information content (AvgIpc) is 3.29. The quantitative estimate of drug-likeness (QED) is 0.383. The number of benzene rings is 2. The maximum absolute atomic E-state index is 12.2. The number of nitrogens with one attached hydrogen (secondary N) is 2. The Hall–Kier alpha value is -4.02. The predicted octanol–water partition coefficient (Wildman–Crippen LogP) is 4.48. The van der Waals surface area contributed by atoms with Gasteiger partial charge in [0.2, 0.25) is 5.95 Å². The van der Waals surface area contributed by atoms with Gasteiger partial charge in [-0.2, -0.15) is 21.7 Å². The Labute approximate surface area is 170 Å². The van der Waals surface area contributed by atoms with E-state index in [4.69, 9.17) is 0 Å². The lowest BCUT2D eigenvalue weighted by Crippen LogP contribution is -2.16. The molecule has 6 nitrogen and oxygen atoms in total. The van der Waals surface area contributed by atoms with Gasteiger partial charge in [-0.25, -0.2) is 10.4 Å². The number of aromatic nitrogens is 2. The van der Waals surface area contributed by atoms with Gasteiger partial charge >= 0.3 is 0 Å². The lowest BCUT2D eigenvalue weighted by Gasteiger charge is -2.06. The molecule has 0 amide bonds. The van der Waals surface area contributed by atoms with Gasteiger partial charge in [-0.05, 0) is 33.5 Å². The molecule has 2 N–H and O–H groups in total. The van der Waals surface area contributed by atoms with Gasteiger partial charge in [0.1, 0.15) is 11.6 Å². The minimum atomic E-state index is -0.515. The molecule has 0 fully saturated rings. The number of H-pyrrole nitrogens is 1. The number of anilines is 1. The summed E-state index contributed by atoms with van der Waals surface area (Å²) in [5, 5.41) is 17.6. The second-order valence-electron chi connectivity index (χ2n) is 6.12. The summed E-state index contributed by atoms with van der Waals surface area (Å²) in [7, 11) is 0. The van der Waals surface area contributed by atoms with Gasteiger partial charge in [0.25, 0.3) is 5.56 Å². The molecule has 0 atom stereocenters. The van der Waals surface area contributed by atoms with Crippen LogP contribution in [0.25, 0.3) is 22.4 Å². The van der Waals surface area contributed by atoms with Crippen LogP contribution in [0.15, 0.2) is 81.3 Å². The molecular formula is C22H15N5OS. The Morgan fingerprint density at radius 3 is 2.52 bits per heavy atom. The summed E-state index contributed by atoms with van der Waals surface area (Å²) in [5.74, 6) is 0.166. The lowest BCUT2D eigenvalue weighted by atomic mass is 10.1. The van der Waals surface area contributed by atoms with Crippen LogP contribution < -0.4 is 11.0 Å². The van der Waals surface area contributed by atoms with Crippen LogP contribution in [0, 0.1) is 11.3 Å². The van der Waals surface area contributed by atoms with Crippen LogP contribution in [-0.4, -0.2) is 16.2 Å². The first-order valence-corrected chi connectivity index (χ1v) is 9.70. The number of hydrogen-bond acceptors (Lipinski definition) is 6. The van der Waals surface area contributed by atoms with E-state index in [0.29, 0.717) is 11.3 Å². The van der Waals surface area contributed by atoms with E-state index in [9.17, 15) is 10.1 Å². The van der Waals surface area contributed by atoms with Gasteiger partial charge in [-0.1, -0.05) is 54.6 Å². The molecule has 4 aromatic rings. The zero-order valence-corrected chi connectivity index (χ0v) is 16.0. The average molecular weight is 397 g/mol. The van der Waals surface area contributed by atoms with E-state index in [-0.39, 0.29) is 11.5 Å². The van der Waals surface area contributed by atoms with Gasteiger partial charge in [-0.3, -0.25) is 9.78 Å². The highest BCUT2D eigenvalue weighted by atomic mass is 32.1. The summed E-state index contributed by atoms with van der Waals surface area (Å²) >= 11 is 1.66. The van der Waals surface area contributed by atoms with Crippen molar-refractivity contribution in [3.05, 3.63) is 92.9 Å². The highest BCUT2D eigenvalue weighted by Crippen LogP contribution is 2.22. The van der Waals surface area contributed by atoms with Crippen LogP contribution in [0.2, 0.25) is 0 Å². The molecule has 0 radical (unpaired) electrons. The monoisotopic (exact) mass is 397 g/mol. The fourth-order valence-corrected chi connectivity index (χ4v) is 3.46. The van der Waals surface area contributed by atoms with Gasteiger partial charge in [0.15, 0.2) is 0 Å². The van der Waals surface area contributed by atoms with Gasteiger partial charge in [0.05, 0.1) is 11.9 Å². The fraction of sp³-hybridized carbons (Fsp3) is 0. The van der Waals surface area contributed by atoms with Gasteiger partial charge in [0, 0.05) is 5.56 Å². The predicted molar refractivity (Wildman–Crippen MR) is 116 cm³/mol. The Kier molecular flexibility index (Phi) is 5.27. The highest BCUT2D eigenvalue weighted by Gasteiger charge is 2.12. The third-order valence-electron chi connectivity index (χ3n) is 4.23. The molecule has 7 heteroatoms. The third kappa shape index (κ3) is 4.13. The van der Waals surface area contributed by atoms with E-state index >= 15 is 0 Å². The van der Waals surface area contributed by atoms with Crippen LogP contribution in [0.1, 0.15) is 11.1 Å². The highest BCUT2D eigenvalue weighted by molar-refractivity contribution is 7.08. The first kappa shape index (κ1) is 18.3. The number of aromatic amines is 1.